The van der Waals surface area contributed by atoms with E-state index in [1.807, 2.05) is 25.1 Å². The number of carbonyl (C=O) groups excluding carboxylic acids is 3. The number of hydrogen-bond acceptors (Lipinski definition) is 5. The second kappa shape index (κ2) is 8.77. The highest BCUT2D eigenvalue weighted by Gasteiger charge is 2.13. The Hall–Kier alpha value is -3.74. The van der Waals surface area contributed by atoms with Crippen molar-refractivity contribution in [3.8, 4) is 0 Å². The van der Waals surface area contributed by atoms with Crippen molar-refractivity contribution in [1.29, 1.82) is 0 Å². The number of rotatable bonds is 6. The second-order valence-corrected chi connectivity index (χ2v) is 5.95. The lowest BCUT2D eigenvalue weighted by molar-refractivity contribution is -0.119. The first-order valence-corrected chi connectivity index (χ1v) is 8.78. The number of hydrogen-bond donors (Lipinski definition) is 2. The molecule has 28 heavy (non-hydrogen) atoms. The van der Waals surface area contributed by atoms with E-state index < -0.39 is 18.5 Å². The zero-order chi connectivity index (χ0) is 19.9. The zero-order valence-corrected chi connectivity index (χ0v) is 15.3. The van der Waals surface area contributed by atoms with Crippen LogP contribution in [0.5, 0.6) is 0 Å². The van der Waals surface area contributed by atoms with E-state index in [1.165, 1.54) is 0 Å². The third kappa shape index (κ3) is 4.70. The highest BCUT2D eigenvalue weighted by molar-refractivity contribution is 5.98. The first kappa shape index (κ1) is 19.0. The van der Waals surface area contributed by atoms with E-state index in [4.69, 9.17) is 4.74 Å². The molecule has 0 unspecified atom stereocenters. The Morgan fingerprint density at radius 2 is 1.82 bits per heavy atom. The molecule has 0 aliphatic heterocycles. The molecule has 2 N–H and O–H groups in total. The lowest BCUT2D eigenvalue weighted by atomic mass is 10.2. The van der Waals surface area contributed by atoms with Crippen molar-refractivity contribution in [3.05, 3.63) is 71.9 Å². The fourth-order valence-corrected chi connectivity index (χ4v) is 2.58. The van der Waals surface area contributed by atoms with Crippen LogP contribution < -0.4 is 10.6 Å². The molecule has 3 rings (SSSR count). The van der Waals surface area contributed by atoms with E-state index in [2.05, 4.69) is 15.6 Å². The van der Waals surface area contributed by atoms with Crippen molar-refractivity contribution >= 4 is 34.4 Å². The van der Waals surface area contributed by atoms with Crippen LogP contribution in [-0.4, -0.2) is 35.9 Å². The number of benzene rings is 2. The van der Waals surface area contributed by atoms with Crippen LogP contribution in [0.3, 0.4) is 0 Å². The number of anilines is 1. The summed E-state index contributed by atoms with van der Waals surface area (Å²) in [5, 5.41) is 6.19. The Morgan fingerprint density at radius 3 is 2.64 bits per heavy atom. The molecule has 0 saturated carbocycles. The molecule has 1 heterocycles. The quantitative estimate of drug-likeness (QED) is 0.644. The molecule has 142 valence electrons. The highest BCUT2D eigenvalue weighted by Crippen LogP contribution is 2.13. The highest BCUT2D eigenvalue weighted by atomic mass is 16.5. The van der Waals surface area contributed by atoms with Gasteiger partial charge in [-0.05, 0) is 37.3 Å². The lowest BCUT2D eigenvalue weighted by Gasteiger charge is -2.08. The van der Waals surface area contributed by atoms with Crippen LogP contribution in [0.25, 0.3) is 10.9 Å². The normalized spacial score (nSPS) is 10.3. The van der Waals surface area contributed by atoms with Crippen molar-refractivity contribution in [2.45, 2.75) is 6.92 Å². The summed E-state index contributed by atoms with van der Waals surface area (Å²) in [4.78, 5) is 40.3. The summed E-state index contributed by atoms with van der Waals surface area (Å²) < 4.78 is 5.03. The number of carbonyl (C=O) groups is 3. The van der Waals surface area contributed by atoms with Gasteiger partial charge in [-0.1, -0.05) is 30.3 Å². The number of nitrogens with zero attached hydrogens (tertiary/aromatic N) is 1. The van der Waals surface area contributed by atoms with E-state index in [0.29, 0.717) is 23.3 Å². The molecular weight excluding hydrogens is 358 g/mol. The number of aromatic nitrogens is 1. The monoisotopic (exact) mass is 377 g/mol. The summed E-state index contributed by atoms with van der Waals surface area (Å²) >= 11 is 0. The van der Waals surface area contributed by atoms with Crippen molar-refractivity contribution in [2.75, 3.05) is 18.5 Å². The molecular formula is C21H19N3O4. The maximum absolute atomic E-state index is 12.1. The fraction of sp³-hybridized carbons (Fsp3) is 0.143. The molecule has 0 spiro atoms. The molecule has 0 aliphatic rings. The van der Waals surface area contributed by atoms with Gasteiger partial charge in [0.2, 0.25) is 0 Å². The molecule has 0 aliphatic carbocycles. The van der Waals surface area contributed by atoms with Gasteiger partial charge in [-0.2, -0.15) is 0 Å². The zero-order valence-electron chi connectivity index (χ0n) is 15.3. The standard InChI is InChI=1S/C21H19N3O4/c1-2-22-20(26)15-7-5-8-16(12-15)23-19(25)13-28-21(27)18-11-10-14-6-3-4-9-17(14)24-18/h3-12H,2,13H2,1H3,(H,22,26)(H,23,25). The number of nitrogens with one attached hydrogen (secondary N) is 2. The molecule has 7 heteroatoms. The van der Waals surface area contributed by atoms with Crippen molar-refractivity contribution in [1.82, 2.24) is 10.3 Å². The molecule has 0 radical (unpaired) electrons. The first-order valence-electron chi connectivity index (χ1n) is 8.78. The number of para-hydroxylation sites is 1. The van der Waals surface area contributed by atoms with E-state index in [0.717, 1.165) is 5.39 Å². The average molecular weight is 377 g/mol. The molecule has 3 aromatic rings. The van der Waals surface area contributed by atoms with Crippen LogP contribution in [0.15, 0.2) is 60.7 Å². The average Bonchev–Trinajstić information content (AvgIpc) is 2.72. The van der Waals surface area contributed by atoms with Crippen LogP contribution in [0.4, 0.5) is 5.69 Å². The Morgan fingerprint density at radius 1 is 1.00 bits per heavy atom. The second-order valence-electron chi connectivity index (χ2n) is 5.95. The number of amides is 2. The predicted molar refractivity (Wildman–Crippen MR) is 105 cm³/mol. The van der Waals surface area contributed by atoms with Gasteiger partial charge in [-0.3, -0.25) is 9.59 Å². The van der Waals surface area contributed by atoms with Crippen LogP contribution >= 0.6 is 0 Å². The number of ether oxygens (including phenoxy) is 1. The van der Waals surface area contributed by atoms with Crippen molar-refractivity contribution in [3.63, 3.8) is 0 Å². The van der Waals surface area contributed by atoms with E-state index in [-0.39, 0.29) is 11.6 Å². The minimum Gasteiger partial charge on any atom is -0.451 e. The number of pyridine rings is 1. The van der Waals surface area contributed by atoms with Gasteiger partial charge in [0.25, 0.3) is 11.8 Å². The van der Waals surface area contributed by atoms with Crippen LogP contribution in [-0.2, 0) is 9.53 Å². The SMILES string of the molecule is CCNC(=O)c1cccc(NC(=O)COC(=O)c2ccc3ccccc3n2)c1. The third-order valence-electron chi connectivity index (χ3n) is 3.89. The fourth-order valence-electron chi connectivity index (χ4n) is 2.58. The van der Waals surface area contributed by atoms with Gasteiger partial charge >= 0.3 is 5.97 Å². The van der Waals surface area contributed by atoms with Gasteiger partial charge in [-0.25, -0.2) is 9.78 Å². The lowest BCUT2D eigenvalue weighted by Crippen LogP contribution is -2.23. The Labute approximate surface area is 161 Å². The topological polar surface area (TPSA) is 97.4 Å². The van der Waals surface area contributed by atoms with Gasteiger partial charge in [0.05, 0.1) is 5.52 Å². The molecule has 2 amide bonds. The van der Waals surface area contributed by atoms with E-state index >= 15 is 0 Å². The maximum Gasteiger partial charge on any atom is 0.357 e. The Balaban J connectivity index is 1.58. The summed E-state index contributed by atoms with van der Waals surface area (Å²) in [5.41, 5.74) is 1.67. The van der Waals surface area contributed by atoms with Crippen LogP contribution in [0, 0.1) is 0 Å². The largest absolute Gasteiger partial charge is 0.451 e. The molecule has 0 fully saturated rings. The summed E-state index contributed by atoms with van der Waals surface area (Å²) in [7, 11) is 0. The molecule has 0 saturated heterocycles. The summed E-state index contributed by atoms with van der Waals surface area (Å²) in [6.07, 6.45) is 0. The smallest absolute Gasteiger partial charge is 0.357 e. The van der Waals surface area contributed by atoms with Gasteiger partial charge in [-0.15, -0.1) is 0 Å². The van der Waals surface area contributed by atoms with Crippen LogP contribution in [0.2, 0.25) is 0 Å². The summed E-state index contributed by atoms with van der Waals surface area (Å²) in [5.74, 6) is -1.42. The molecule has 1 aromatic heterocycles. The molecule has 0 bridgehead atoms. The van der Waals surface area contributed by atoms with Gasteiger partial charge in [0, 0.05) is 23.2 Å². The summed E-state index contributed by atoms with van der Waals surface area (Å²) in [6, 6.07) is 17.2. The third-order valence-corrected chi connectivity index (χ3v) is 3.89. The van der Waals surface area contributed by atoms with Crippen LogP contribution in [0.1, 0.15) is 27.8 Å². The number of esters is 1. The van der Waals surface area contributed by atoms with E-state index in [1.54, 1.807) is 42.5 Å². The minimum atomic E-state index is -0.683. The van der Waals surface area contributed by atoms with Crippen molar-refractivity contribution < 1.29 is 19.1 Å². The molecule has 2 aromatic carbocycles. The van der Waals surface area contributed by atoms with Gasteiger partial charge in [0.15, 0.2) is 6.61 Å². The van der Waals surface area contributed by atoms with Gasteiger partial charge in [0.1, 0.15) is 5.69 Å². The molecule has 0 atom stereocenters. The Bertz CT molecular complexity index is 1030. The van der Waals surface area contributed by atoms with Crippen molar-refractivity contribution in [2.24, 2.45) is 0 Å². The maximum atomic E-state index is 12.1. The molecule has 7 nitrogen and oxygen atoms in total. The Kier molecular flexibility index (Phi) is 5.96. The predicted octanol–water partition coefficient (Wildman–Crippen LogP) is 2.78. The number of fused-ring (bicyclic) bond motifs is 1. The van der Waals surface area contributed by atoms with Gasteiger partial charge < -0.3 is 15.4 Å². The van der Waals surface area contributed by atoms with E-state index in [9.17, 15) is 14.4 Å². The first-order chi connectivity index (χ1) is 13.6. The summed E-state index contributed by atoms with van der Waals surface area (Å²) in [6.45, 7) is 1.87. The minimum absolute atomic E-state index is 0.129.